The van der Waals surface area contributed by atoms with Gasteiger partial charge < -0.3 is 5.11 Å². The van der Waals surface area contributed by atoms with Crippen LogP contribution >= 0.6 is 0 Å². The molecule has 0 aliphatic heterocycles. The Labute approximate surface area is 104 Å². The summed E-state index contributed by atoms with van der Waals surface area (Å²) in [5.74, 6) is 0.257. The molecular formula is C13H9N3O2. The summed E-state index contributed by atoms with van der Waals surface area (Å²) in [5, 5.41) is 17.9. The molecule has 1 heterocycles. The standard InChI is InChI=1S/C13H9N3O2/c14-8-10-6-7-12(15-9-10)16(13(17)18)11-4-2-1-3-5-11/h1-7,9H,(H,17,18). The lowest BCUT2D eigenvalue weighted by Crippen LogP contribution is -2.24. The van der Waals surface area contributed by atoms with Crippen LogP contribution in [0.25, 0.3) is 0 Å². The van der Waals surface area contributed by atoms with E-state index in [4.69, 9.17) is 5.26 Å². The van der Waals surface area contributed by atoms with Crippen LogP contribution in [-0.4, -0.2) is 16.2 Å². The normalized spacial score (nSPS) is 9.50. The lowest BCUT2D eigenvalue weighted by molar-refractivity contribution is 0.204. The number of aromatic nitrogens is 1. The number of para-hydroxylation sites is 1. The predicted molar refractivity (Wildman–Crippen MR) is 65.6 cm³/mol. The van der Waals surface area contributed by atoms with E-state index in [1.54, 1.807) is 30.3 Å². The minimum Gasteiger partial charge on any atom is -0.464 e. The fourth-order valence-corrected chi connectivity index (χ4v) is 1.50. The van der Waals surface area contributed by atoms with E-state index in [1.807, 2.05) is 6.07 Å². The summed E-state index contributed by atoms with van der Waals surface area (Å²) in [6.07, 6.45) is 0.215. The van der Waals surface area contributed by atoms with Gasteiger partial charge in [0.25, 0.3) is 0 Å². The van der Waals surface area contributed by atoms with E-state index in [1.165, 1.54) is 18.3 Å². The zero-order valence-corrected chi connectivity index (χ0v) is 9.32. The van der Waals surface area contributed by atoms with Gasteiger partial charge in [-0.2, -0.15) is 5.26 Å². The van der Waals surface area contributed by atoms with Crippen LogP contribution in [0.15, 0.2) is 48.7 Å². The predicted octanol–water partition coefficient (Wildman–Crippen LogP) is 2.77. The molecule has 0 spiro atoms. The average molecular weight is 239 g/mol. The second-order valence-electron chi connectivity index (χ2n) is 3.47. The molecule has 0 saturated heterocycles. The number of hydrogen-bond donors (Lipinski definition) is 1. The summed E-state index contributed by atoms with van der Waals surface area (Å²) in [6.45, 7) is 0. The summed E-state index contributed by atoms with van der Waals surface area (Å²) in [7, 11) is 0. The van der Waals surface area contributed by atoms with Gasteiger partial charge in [-0.25, -0.2) is 14.7 Å². The van der Waals surface area contributed by atoms with Crippen LogP contribution in [0, 0.1) is 11.3 Å². The molecule has 0 fully saturated rings. The fourth-order valence-electron chi connectivity index (χ4n) is 1.50. The fraction of sp³-hybridized carbons (Fsp3) is 0. The molecule has 0 saturated carbocycles. The first-order chi connectivity index (χ1) is 8.72. The van der Waals surface area contributed by atoms with Crippen LogP contribution in [0.3, 0.4) is 0 Å². The van der Waals surface area contributed by atoms with Gasteiger partial charge >= 0.3 is 6.09 Å². The Balaban J connectivity index is 2.43. The van der Waals surface area contributed by atoms with Crippen molar-refractivity contribution >= 4 is 17.6 Å². The number of amides is 1. The number of anilines is 2. The highest BCUT2D eigenvalue weighted by molar-refractivity contribution is 5.93. The number of carbonyl (C=O) groups is 1. The summed E-state index contributed by atoms with van der Waals surface area (Å²) in [6, 6.07) is 13.6. The van der Waals surface area contributed by atoms with Crippen molar-refractivity contribution in [1.29, 1.82) is 5.26 Å². The Bertz CT molecular complexity index is 588. The number of hydrogen-bond acceptors (Lipinski definition) is 3. The van der Waals surface area contributed by atoms with E-state index >= 15 is 0 Å². The molecule has 1 aromatic carbocycles. The molecule has 5 nitrogen and oxygen atoms in total. The van der Waals surface area contributed by atoms with Gasteiger partial charge in [0.15, 0.2) is 0 Å². The zero-order chi connectivity index (χ0) is 13.0. The lowest BCUT2D eigenvalue weighted by atomic mass is 10.2. The molecule has 5 heteroatoms. The van der Waals surface area contributed by atoms with Crippen LogP contribution in [0.5, 0.6) is 0 Å². The summed E-state index contributed by atoms with van der Waals surface area (Å²) in [5.41, 5.74) is 0.888. The quantitative estimate of drug-likeness (QED) is 0.874. The van der Waals surface area contributed by atoms with Crippen LogP contribution in [0.2, 0.25) is 0 Å². The van der Waals surface area contributed by atoms with Gasteiger partial charge in [-0.15, -0.1) is 0 Å². The third-order valence-electron chi connectivity index (χ3n) is 2.31. The molecule has 0 bridgehead atoms. The van der Waals surface area contributed by atoms with E-state index in [0.717, 1.165) is 4.90 Å². The first-order valence-electron chi connectivity index (χ1n) is 5.16. The first kappa shape index (κ1) is 11.6. The van der Waals surface area contributed by atoms with Crippen molar-refractivity contribution in [2.75, 3.05) is 4.90 Å². The average Bonchev–Trinajstić information content (AvgIpc) is 2.40. The Morgan fingerprint density at radius 2 is 1.94 bits per heavy atom. The van der Waals surface area contributed by atoms with Crippen LogP contribution in [0.1, 0.15) is 5.56 Å². The van der Waals surface area contributed by atoms with E-state index in [2.05, 4.69) is 4.98 Å². The molecule has 1 amide bonds. The van der Waals surface area contributed by atoms with E-state index in [-0.39, 0.29) is 5.82 Å². The lowest BCUT2D eigenvalue weighted by Gasteiger charge is -2.17. The molecule has 0 unspecified atom stereocenters. The third kappa shape index (κ3) is 2.28. The van der Waals surface area contributed by atoms with Gasteiger partial charge in [-0.1, -0.05) is 18.2 Å². The molecule has 1 N–H and O–H groups in total. The molecule has 0 atom stereocenters. The van der Waals surface area contributed by atoms with Gasteiger partial charge in [0.05, 0.1) is 11.3 Å². The van der Waals surface area contributed by atoms with Gasteiger partial charge in [-0.3, -0.25) is 0 Å². The van der Waals surface area contributed by atoms with Crippen LogP contribution < -0.4 is 4.90 Å². The van der Waals surface area contributed by atoms with Crippen molar-refractivity contribution in [1.82, 2.24) is 4.98 Å². The Kier molecular flexibility index (Phi) is 3.21. The molecule has 2 aromatic rings. The second kappa shape index (κ2) is 4.97. The monoisotopic (exact) mass is 239 g/mol. The Morgan fingerprint density at radius 3 is 2.44 bits per heavy atom. The van der Waals surface area contributed by atoms with Crippen LogP contribution in [0.4, 0.5) is 16.3 Å². The first-order valence-corrected chi connectivity index (χ1v) is 5.16. The molecule has 0 aliphatic rings. The molecule has 88 valence electrons. The van der Waals surface area contributed by atoms with Crippen LogP contribution in [-0.2, 0) is 0 Å². The van der Waals surface area contributed by atoms with E-state index in [0.29, 0.717) is 11.3 Å². The smallest absolute Gasteiger partial charge is 0.417 e. The third-order valence-corrected chi connectivity index (χ3v) is 2.31. The van der Waals surface area contributed by atoms with Gasteiger partial charge in [0, 0.05) is 6.20 Å². The number of pyridine rings is 1. The van der Waals surface area contributed by atoms with Crippen molar-refractivity contribution in [3.05, 3.63) is 54.2 Å². The number of carboxylic acid groups (broad SMARTS) is 1. The maximum atomic E-state index is 11.3. The topological polar surface area (TPSA) is 77.2 Å². The maximum absolute atomic E-state index is 11.3. The molecule has 2 rings (SSSR count). The molecular weight excluding hydrogens is 230 g/mol. The molecule has 18 heavy (non-hydrogen) atoms. The Hall–Kier alpha value is -2.87. The number of nitrogens with zero attached hydrogens (tertiary/aromatic N) is 3. The number of benzene rings is 1. The minimum atomic E-state index is -1.13. The Morgan fingerprint density at radius 1 is 1.22 bits per heavy atom. The highest BCUT2D eigenvalue weighted by Gasteiger charge is 2.17. The second-order valence-corrected chi connectivity index (χ2v) is 3.47. The van der Waals surface area contributed by atoms with E-state index in [9.17, 15) is 9.90 Å². The van der Waals surface area contributed by atoms with Crippen molar-refractivity contribution in [2.24, 2.45) is 0 Å². The highest BCUT2D eigenvalue weighted by Crippen LogP contribution is 2.23. The molecule has 1 aromatic heterocycles. The zero-order valence-electron chi connectivity index (χ0n) is 9.32. The van der Waals surface area contributed by atoms with Gasteiger partial charge in [-0.05, 0) is 24.3 Å². The van der Waals surface area contributed by atoms with Crippen molar-refractivity contribution in [2.45, 2.75) is 0 Å². The summed E-state index contributed by atoms with van der Waals surface area (Å²) < 4.78 is 0. The number of rotatable bonds is 2. The summed E-state index contributed by atoms with van der Waals surface area (Å²) >= 11 is 0. The summed E-state index contributed by atoms with van der Waals surface area (Å²) in [4.78, 5) is 16.3. The van der Waals surface area contributed by atoms with E-state index < -0.39 is 6.09 Å². The molecule has 0 aliphatic carbocycles. The largest absolute Gasteiger partial charge is 0.464 e. The van der Waals surface area contributed by atoms with Crippen molar-refractivity contribution in [3.63, 3.8) is 0 Å². The van der Waals surface area contributed by atoms with Crippen molar-refractivity contribution < 1.29 is 9.90 Å². The highest BCUT2D eigenvalue weighted by atomic mass is 16.4. The number of nitriles is 1. The maximum Gasteiger partial charge on any atom is 0.417 e. The SMILES string of the molecule is N#Cc1ccc(N(C(=O)O)c2ccccc2)nc1. The molecule has 0 radical (unpaired) electrons. The van der Waals surface area contributed by atoms with Gasteiger partial charge in [0.2, 0.25) is 0 Å². The minimum absolute atomic E-state index is 0.257. The van der Waals surface area contributed by atoms with Gasteiger partial charge in [0.1, 0.15) is 11.9 Å². The van der Waals surface area contributed by atoms with Crippen molar-refractivity contribution in [3.8, 4) is 6.07 Å².